The van der Waals surface area contributed by atoms with Crippen LogP contribution in [-0.2, 0) is 22.6 Å². The number of benzene rings is 3. The Morgan fingerprint density at radius 3 is 2.09 bits per heavy atom. The summed E-state index contributed by atoms with van der Waals surface area (Å²) in [4.78, 5) is 30.1. The Labute approximate surface area is 194 Å². The van der Waals surface area contributed by atoms with E-state index in [0.29, 0.717) is 11.3 Å². The van der Waals surface area contributed by atoms with Crippen LogP contribution < -0.4 is 10.2 Å². The summed E-state index contributed by atoms with van der Waals surface area (Å²) in [6, 6.07) is 23.1. The van der Waals surface area contributed by atoms with Gasteiger partial charge in [0.15, 0.2) is 0 Å². The number of nitrogens with zero attached hydrogens (tertiary/aromatic N) is 2. The molecule has 2 amide bonds. The first-order valence-electron chi connectivity index (χ1n) is 10.8. The van der Waals surface area contributed by atoms with Gasteiger partial charge in [-0.3, -0.25) is 9.59 Å². The largest absolute Gasteiger partial charge is 0.378 e. The Bertz CT molecular complexity index is 1100. The van der Waals surface area contributed by atoms with E-state index in [1.165, 1.54) is 11.0 Å². The molecule has 0 spiro atoms. The van der Waals surface area contributed by atoms with Gasteiger partial charge in [0.2, 0.25) is 11.8 Å². The highest BCUT2D eigenvalue weighted by atomic mass is 19.1. The van der Waals surface area contributed by atoms with E-state index in [1.54, 1.807) is 32.0 Å². The molecule has 0 saturated carbocycles. The zero-order valence-electron chi connectivity index (χ0n) is 19.5. The van der Waals surface area contributed by atoms with E-state index in [1.807, 2.05) is 73.6 Å². The number of carbonyl (C=O) groups excluding carboxylic acids is 2. The normalized spacial score (nSPS) is 11.1. The number of halogens is 1. The molecular formula is C27H30FN3O2. The van der Waals surface area contributed by atoms with Gasteiger partial charge in [-0.15, -0.1) is 0 Å². The van der Waals surface area contributed by atoms with Crippen LogP contribution in [0.5, 0.6) is 0 Å². The highest BCUT2D eigenvalue weighted by Crippen LogP contribution is 2.24. The first-order chi connectivity index (χ1) is 15.7. The fourth-order valence-electron chi connectivity index (χ4n) is 3.51. The molecule has 172 valence electrons. The Morgan fingerprint density at radius 2 is 1.48 bits per heavy atom. The molecule has 1 N–H and O–H groups in total. The van der Waals surface area contributed by atoms with Gasteiger partial charge in [0.05, 0.1) is 6.42 Å². The van der Waals surface area contributed by atoms with Crippen LogP contribution in [0.25, 0.3) is 0 Å². The molecule has 0 aliphatic rings. The average Bonchev–Trinajstić information content (AvgIpc) is 2.79. The van der Waals surface area contributed by atoms with E-state index in [0.717, 1.165) is 11.3 Å². The second-order valence-electron chi connectivity index (χ2n) is 8.69. The van der Waals surface area contributed by atoms with Crippen molar-refractivity contribution in [2.45, 2.75) is 32.4 Å². The van der Waals surface area contributed by atoms with Crippen molar-refractivity contribution in [2.24, 2.45) is 0 Å². The second-order valence-corrected chi connectivity index (χ2v) is 8.69. The minimum atomic E-state index is -1.23. The molecule has 0 unspecified atom stereocenters. The van der Waals surface area contributed by atoms with Crippen molar-refractivity contribution >= 4 is 23.2 Å². The number of rotatable bonds is 8. The van der Waals surface area contributed by atoms with Crippen LogP contribution in [0.3, 0.4) is 0 Å². The summed E-state index contributed by atoms with van der Waals surface area (Å²) in [5, 5.41) is 2.90. The van der Waals surface area contributed by atoms with Crippen molar-refractivity contribution in [2.75, 3.05) is 24.3 Å². The number of amides is 2. The lowest BCUT2D eigenvalue weighted by Crippen LogP contribution is -2.55. The van der Waals surface area contributed by atoms with Gasteiger partial charge in [0.25, 0.3) is 0 Å². The zero-order chi connectivity index (χ0) is 24.0. The maximum atomic E-state index is 14.4. The van der Waals surface area contributed by atoms with Gasteiger partial charge in [-0.05, 0) is 49.7 Å². The van der Waals surface area contributed by atoms with Crippen molar-refractivity contribution < 1.29 is 14.0 Å². The van der Waals surface area contributed by atoms with E-state index in [4.69, 9.17) is 0 Å². The van der Waals surface area contributed by atoms with E-state index in [2.05, 4.69) is 5.32 Å². The Morgan fingerprint density at radius 1 is 0.879 bits per heavy atom. The van der Waals surface area contributed by atoms with Crippen LogP contribution in [-0.4, -0.2) is 36.3 Å². The SMILES string of the molecule is CN(C)c1ccc(NC(=O)C(C)(C)N(Cc2ccccc2F)C(=O)Cc2ccccc2)cc1. The molecule has 0 aromatic heterocycles. The first-order valence-corrected chi connectivity index (χ1v) is 10.8. The molecule has 0 radical (unpaired) electrons. The third kappa shape index (κ3) is 5.98. The predicted octanol–water partition coefficient (Wildman–Crippen LogP) is 4.88. The molecular weight excluding hydrogens is 417 g/mol. The lowest BCUT2D eigenvalue weighted by molar-refractivity contribution is -0.144. The molecule has 0 heterocycles. The van der Waals surface area contributed by atoms with Gasteiger partial charge < -0.3 is 15.1 Å². The van der Waals surface area contributed by atoms with Gasteiger partial charge in [-0.2, -0.15) is 0 Å². The smallest absolute Gasteiger partial charge is 0.249 e. The second kappa shape index (κ2) is 10.3. The minimum absolute atomic E-state index is 0.0155. The fraction of sp³-hybridized carbons (Fsp3) is 0.259. The van der Waals surface area contributed by atoms with Crippen molar-refractivity contribution in [3.63, 3.8) is 0 Å². The third-order valence-electron chi connectivity index (χ3n) is 5.66. The number of nitrogens with one attached hydrogen (secondary N) is 1. The monoisotopic (exact) mass is 447 g/mol. The van der Waals surface area contributed by atoms with Gasteiger partial charge in [0.1, 0.15) is 11.4 Å². The van der Waals surface area contributed by atoms with Gasteiger partial charge in [0, 0.05) is 37.6 Å². The standard InChI is InChI=1S/C27H30FN3O2/c1-27(2,26(33)29-22-14-16-23(17-15-22)30(3)4)31(19-21-12-8-9-13-24(21)28)25(32)18-20-10-6-5-7-11-20/h5-17H,18-19H2,1-4H3,(H,29,33). The number of anilines is 2. The molecule has 6 heteroatoms. The van der Waals surface area contributed by atoms with E-state index < -0.39 is 11.4 Å². The van der Waals surface area contributed by atoms with Crippen molar-refractivity contribution in [1.29, 1.82) is 0 Å². The fourth-order valence-corrected chi connectivity index (χ4v) is 3.51. The first kappa shape index (κ1) is 24.0. The quantitative estimate of drug-likeness (QED) is 0.536. The zero-order valence-corrected chi connectivity index (χ0v) is 19.5. The highest BCUT2D eigenvalue weighted by Gasteiger charge is 2.38. The molecule has 0 fully saturated rings. The topological polar surface area (TPSA) is 52.7 Å². The maximum absolute atomic E-state index is 14.4. The van der Waals surface area contributed by atoms with Gasteiger partial charge >= 0.3 is 0 Å². The molecule has 33 heavy (non-hydrogen) atoms. The molecule has 3 aromatic rings. The third-order valence-corrected chi connectivity index (χ3v) is 5.66. The number of carbonyl (C=O) groups is 2. The molecule has 0 atom stereocenters. The van der Waals surface area contributed by atoms with Crippen LogP contribution in [0.4, 0.5) is 15.8 Å². The summed E-state index contributed by atoms with van der Waals surface area (Å²) in [6.45, 7) is 3.35. The summed E-state index contributed by atoms with van der Waals surface area (Å²) in [5.74, 6) is -1.02. The molecule has 5 nitrogen and oxygen atoms in total. The Hall–Kier alpha value is -3.67. The number of hydrogen-bond donors (Lipinski definition) is 1. The van der Waals surface area contributed by atoms with E-state index in [-0.39, 0.29) is 24.8 Å². The molecule has 0 bridgehead atoms. The lowest BCUT2D eigenvalue weighted by atomic mass is 9.98. The predicted molar refractivity (Wildman–Crippen MR) is 131 cm³/mol. The van der Waals surface area contributed by atoms with Crippen molar-refractivity contribution in [1.82, 2.24) is 4.90 Å². The molecule has 0 aliphatic carbocycles. The van der Waals surface area contributed by atoms with Crippen molar-refractivity contribution in [3.05, 3.63) is 95.8 Å². The van der Waals surface area contributed by atoms with Crippen molar-refractivity contribution in [3.8, 4) is 0 Å². The highest BCUT2D eigenvalue weighted by molar-refractivity contribution is 6.00. The van der Waals surface area contributed by atoms with Gasteiger partial charge in [-0.1, -0.05) is 48.5 Å². The minimum Gasteiger partial charge on any atom is -0.378 e. The molecule has 0 aliphatic heterocycles. The summed E-state index contributed by atoms with van der Waals surface area (Å²) in [7, 11) is 3.88. The van der Waals surface area contributed by atoms with Crippen LogP contribution in [0.2, 0.25) is 0 Å². The Kier molecular flexibility index (Phi) is 7.48. The molecule has 3 rings (SSSR count). The Balaban J connectivity index is 1.86. The van der Waals surface area contributed by atoms with E-state index >= 15 is 0 Å². The van der Waals surface area contributed by atoms with Crippen LogP contribution in [0.15, 0.2) is 78.9 Å². The van der Waals surface area contributed by atoms with Crippen LogP contribution >= 0.6 is 0 Å². The molecule has 3 aromatic carbocycles. The molecule has 0 saturated heterocycles. The van der Waals surface area contributed by atoms with Crippen LogP contribution in [0, 0.1) is 5.82 Å². The summed E-state index contributed by atoms with van der Waals surface area (Å²) < 4.78 is 14.4. The summed E-state index contributed by atoms with van der Waals surface area (Å²) in [6.07, 6.45) is 0.115. The average molecular weight is 448 g/mol. The van der Waals surface area contributed by atoms with E-state index in [9.17, 15) is 14.0 Å². The lowest BCUT2D eigenvalue weighted by Gasteiger charge is -2.37. The van der Waals surface area contributed by atoms with Gasteiger partial charge in [-0.25, -0.2) is 4.39 Å². The summed E-state index contributed by atoms with van der Waals surface area (Å²) in [5.41, 5.74) is 1.59. The maximum Gasteiger partial charge on any atom is 0.249 e. The van der Waals surface area contributed by atoms with Crippen LogP contribution in [0.1, 0.15) is 25.0 Å². The number of hydrogen-bond acceptors (Lipinski definition) is 3. The summed E-state index contributed by atoms with van der Waals surface area (Å²) >= 11 is 0.